The molecule has 0 bridgehead atoms. The zero-order valence-electron chi connectivity index (χ0n) is 7.80. The van der Waals surface area contributed by atoms with Crippen LogP contribution in [-0.4, -0.2) is 6.43 Å². The molecule has 1 heterocycles. The normalized spacial score (nSPS) is 18.3. The van der Waals surface area contributed by atoms with Crippen molar-refractivity contribution in [2.75, 3.05) is 0 Å². The molecule has 0 aliphatic heterocycles. The van der Waals surface area contributed by atoms with E-state index >= 15 is 0 Å². The standard InChI is InChI=1S/C10H13F2NS/c11-10(12)9(13)7-5-14-8-4-2-1-3-6(7)8/h5,9-10H,1-4,13H2. The molecule has 1 aromatic rings. The van der Waals surface area contributed by atoms with Crippen molar-refractivity contribution in [2.24, 2.45) is 5.73 Å². The van der Waals surface area contributed by atoms with Gasteiger partial charge in [0.1, 0.15) is 0 Å². The summed E-state index contributed by atoms with van der Waals surface area (Å²) in [4.78, 5) is 1.27. The average Bonchev–Trinajstić information content (AvgIpc) is 2.60. The average molecular weight is 217 g/mol. The summed E-state index contributed by atoms with van der Waals surface area (Å²) in [6, 6.07) is -1.09. The molecule has 0 amide bonds. The maximum absolute atomic E-state index is 12.4. The second-order valence-corrected chi connectivity index (χ2v) is 4.62. The van der Waals surface area contributed by atoms with Gasteiger partial charge in [-0.05, 0) is 42.2 Å². The first-order valence-electron chi connectivity index (χ1n) is 4.83. The van der Waals surface area contributed by atoms with Crippen molar-refractivity contribution in [1.82, 2.24) is 0 Å². The largest absolute Gasteiger partial charge is 0.319 e. The number of thiophene rings is 1. The summed E-state index contributed by atoms with van der Waals surface area (Å²) in [5, 5.41) is 1.81. The van der Waals surface area contributed by atoms with Crippen molar-refractivity contribution in [3.8, 4) is 0 Å². The molecule has 14 heavy (non-hydrogen) atoms. The molecular weight excluding hydrogens is 204 g/mol. The Hall–Kier alpha value is -0.480. The molecule has 1 aromatic heterocycles. The van der Waals surface area contributed by atoms with Gasteiger partial charge in [0.2, 0.25) is 0 Å². The Bertz CT molecular complexity index is 322. The Morgan fingerprint density at radius 2 is 2.00 bits per heavy atom. The van der Waals surface area contributed by atoms with Crippen LogP contribution in [0.5, 0.6) is 0 Å². The van der Waals surface area contributed by atoms with Crippen LogP contribution in [0.3, 0.4) is 0 Å². The van der Waals surface area contributed by atoms with E-state index in [1.165, 1.54) is 11.3 Å². The molecule has 0 saturated carbocycles. The van der Waals surface area contributed by atoms with Crippen LogP contribution >= 0.6 is 11.3 Å². The highest BCUT2D eigenvalue weighted by Gasteiger charge is 2.24. The number of rotatable bonds is 2. The van der Waals surface area contributed by atoms with Crippen LogP contribution < -0.4 is 5.73 Å². The first-order chi connectivity index (χ1) is 6.70. The van der Waals surface area contributed by atoms with E-state index < -0.39 is 12.5 Å². The Labute approximate surface area is 85.9 Å². The smallest absolute Gasteiger partial charge is 0.257 e. The number of hydrogen-bond acceptors (Lipinski definition) is 2. The minimum Gasteiger partial charge on any atom is -0.319 e. The van der Waals surface area contributed by atoms with Gasteiger partial charge in [-0.1, -0.05) is 0 Å². The molecule has 1 unspecified atom stereocenters. The lowest BCUT2D eigenvalue weighted by Crippen LogP contribution is -2.20. The molecule has 78 valence electrons. The topological polar surface area (TPSA) is 26.0 Å². The van der Waals surface area contributed by atoms with Crippen LogP contribution in [-0.2, 0) is 12.8 Å². The molecular formula is C10H13F2NS. The second kappa shape index (κ2) is 3.95. The molecule has 2 N–H and O–H groups in total. The van der Waals surface area contributed by atoms with Crippen molar-refractivity contribution >= 4 is 11.3 Å². The Morgan fingerprint density at radius 3 is 2.71 bits per heavy atom. The van der Waals surface area contributed by atoms with Crippen LogP contribution in [0.25, 0.3) is 0 Å². The van der Waals surface area contributed by atoms with Gasteiger partial charge < -0.3 is 5.73 Å². The molecule has 1 atom stereocenters. The summed E-state index contributed by atoms with van der Waals surface area (Å²) in [5.74, 6) is 0. The van der Waals surface area contributed by atoms with Crippen molar-refractivity contribution in [3.63, 3.8) is 0 Å². The van der Waals surface area contributed by atoms with Crippen LogP contribution in [0.4, 0.5) is 8.78 Å². The second-order valence-electron chi connectivity index (χ2n) is 3.66. The molecule has 1 nitrogen and oxygen atoms in total. The lowest BCUT2D eigenvalue weighted by Gasteiger charge is -2.16. The molecule has 0 fully saturated rings. The molecule has 2 rings (SSSR count). The van der Waals surface area contributed by atoms with Crippen LogP contribution in [0.1, 0.15) is 34.9 Å². The van der Waals surface area contributed by atoms with E-state index in [-0.39, 0.29) is 0 Å². The predicted molar refractivity (Wildman–Crippen MR) is 53.9 cm³/mol. The summed E-state index contributed by atoms with van der Waals surface area (Å²) in [6.07, 6.45) is 1.80. The van der Waals surface area contributed by atoms with Gasteiger partial charge in [0, 0.05) is 4.88 Å². The summed E-state index contributed by atoms with van der Waals surface area (Å²) in [5.41, 5.74) is 7.25. The molecule has 0 radical (unpaired) electrons. The maximum Gasteiger partial charge on any atom is 0.257 e. The third-order valence-electron chi connectivity index (χ3n) is 2.72. The zero-order valence-corrected chi connectivity index (χ0v) is 8.62. The van der Waals surface area contributed by atoms with Gasteiger partial charge >= 0.3 is 0 Å². The van der Waals surface area contributed by atoms with E-state index in [0.717, 1.165) is 24.8 Å². The quantitative estimate of drug-likeness (QED) is 0.810. The summed E-state index contributed by atoms with van der Waals surface area (Å²) in [6.45, 7) is 0. The minimum absolute atomic E-state index is 0.680. The lowest BCUT2D eigenvalue weighted by molar-refractivity contribution is 0.116. The Morgan fingerprint density at radius 1 is 1.29 bits per heavy atom. The van der Waals surface area contributed by atoms with Crippen molar-refractivity contribution in [2.45, 2.75) is 38.2 Å². The SMILES string of the molecule is NC(c1csc2c1CCCC2)C(F)F. The first-order valence-corrected chi connectivity index (χ1v) is 5.71. The van der Waals surface area contributed by atoms with Gasteiger partial charge in [-0.25, -0.2) is 8.78 Å². The highest BCUT2D eigenvalue weighted by molar-refractivity contribution is 7.10. The summed E-state index contributed by atoms with van der Waals surface area (Å²) >= 11 is 1.58. The van der Waals surface area contributed by atoms with Crippen LogP contribution in [0, 0.1) is 0 Å². The highest BCUT2D eigenvalue weighted by Crippen LogP contribution is 2.34. The fourth-order valence-electron chi connectivity index (χ4n) is 1.93. The van der Waals surface area contributed by atoms with Gasteiger partial charge in [0.15, 0.2) is 0 Å². The summed E-state index contributed by atoms with van der Waals surface area (Å²) < 4.78 is 24.9. The first kappa shape index (κ1) is 10.1. The van der Waals surface area contributed by atoms with Crippen molar-refractivity contribution in [1.29, 1.82) is 0 Å². The fourth-order valence-corrected chi connectivity index (χ4v) is 3.13. The van der Waals surface area contributed by atoms with E-state index in [1.807, 2.05) is 5.38 Å². The van der Waals surface area contributed by atoms with E-state index in [0.29, 0.717) is 5.56 Å². The minimum atomic E-state index is -2.45. The van der Waals surface area contributed by atoms with E-state index in [1.54, 1.807) is 11.3 Å². The molecule has 1 aliphatic carbocycles. The van der Waals surface area contributed by atoms with Gasteiger partial charge in [-0.2, -0.15) is 0 Å². The number of halogens is 2. The molecule has 0 saturated heterocycles. The number of aryl methyl sites for hydroxylation is 1. The van der Waals surface area contributed by atoms with Gasteiger partial charge in [0.25, 0.3) is 6.43 Å². The third-order valence-corrected chi connectivity index (χ3v) is 3.83. The van der Waals surface area contributed by atoms with E-state index in [2.05, 4.69) is 0 Å². The van der Waals surface area contributed by atoms with Gasteiger partial charge in [-0.3, -0.25) is 0 Å². The lowest BCUT2D eigenvalue weighted by atomic mass is 9.93. The van der Waals surface area contributed by atoms with Crippen LogP contribution in [0.2, 0.25) is 0 Å². The number of fused-ring (bicyclic) bond motifs is 1. The predicted octanol–water partition coefficient (Wildman–Crippen LogP) is 2.89. The summed E-state index contributed by atoms with van der Waals surface area (Å²) in [7, 11) is 0. The molecule has 4 heteroatoms. The zero-order chi connectivity index (χ0) is 10.1. The van der Waals surface area contributed by atoms with Crippen molar-refractivity contribution < 1.29 is 8.78 Å². The molecule has 0 aromatic carbocycles. The number of nitrogens with two attached hydrogens (primary N) is 1. The van der Waals surface area contributed by atoms with E-state index in [9.17, 15) is 8.78 Å². The van der Waals surface area contributed by atoms with Gasteiger partial charge in [0.05, 0.1) is 6.04 Å². The monoisotopic (exact) mass is 217 g/mol. The van der Waals surface area contributed by atoms with Crippen molar-refractivity contribution in [3.05, 3.63) is 21.4 Å². The third kappa shape index (κ3) is 1.68. The molecule has 1 aliphatic rings. The fraction of sp³-hybridized carbons (Fsp3) is 0.600. The van der Waals surface area contributed by atoms with Gasteiger partial charge in [-0.15, -0.1) is 11.3 Å². The number of alkyl halides is 2. The Kier molecular flexibility index (Phi) is 2.83. The highest BCUT2D eigenvalue weighted by atomic mass is 32.1. The Balaban J connectivity index is 2.30. The number of hydrogen-bond donors (Lipinski definition) is 1. The maximum atomic E-state index is 12.4. The molecule has 0 spiro atoms. The van der Waals surface area contributed by atoms with E-state index in [4.69, 9.17) is 5.73 Å². The van der Waals surface area contributed by atoms with Crippen LogP contribution in [0.15, 0.2) is 5.38 Å².